The summed E-state index contributed by atoms with van der Waals surface area (Å²) < 4.78 is 0. The molecule has 0 aliphatic carbocycles. The fourth-order valence-corrected chi connectivity index (χ4v) is 0.723. The standard InChI is InChI=1S/C6H14N2O2.2Na/c1-2-8(4-3-7)5-6(9)10;;/h2-5,7H2,1H3,(H,9,10);;. The predicted octanol–water partition coefficient (Wildman–Crippen LogP) is -1.41. The van der Waals surface area contributed by atoms with Gasteiger partial charge in [0, 0.05) is 72.2 Å². The summed E-state index contributed by atoms with van der Waals surface area (Å²) in [5.41, 5.74) is 5.25. The smallest absolute Gasteiger partial charge is 0.317 e. The first-order chi connectivity index (χ1) is 4.70. The number of carbonyl (C=O) groups is 1. The van der Waals surface area contributed by atoms with E-state index in [-0.39, 0.29) is 65.7 Å². The molecule has 0 bridgehead atoms. The monoisotopic (exact) mass is 192 g/mol. The van der Waals surface area contributed by atoms with E-state index in [1.807, 2.05) is 6.92 Å². The Labute approximate surface area is 117 Å². The number of hydrogen-bond acceptors (Lipinski definition) is 3. The van der Waals surface area contributed by atoms with Crippen molar-refractivity contribution in [2.24, 2.45) is 5.73 Å². The fourth-order valence-electron chi connectivity index (χ4n) is 0.723. The van der Waals surface area contributed by atoms with E-state index in [0.29, 0.717) is 13.1 Å². The van der Waals surface area contributed by atoms with Gasteiger partial charge in [0.05, 0.1) is 6.54 Å². The molecule has 4 nitrogen and oxygen atoms in total. The van der Waals surface area contributed by atoms with Crippen LogP contribution in [0.3, 0.4) is 0 Å². The van der Waals surface area contributed by atoms with Gasteiger partial charge in [-0.1, -0.05) is 6.92 Å². The maximum absolute atomic E-state index is 10.2. The van der Waals surface area contributed by atoms with Crippen LogP contribution >= 0.6 is 0 Å². The topological polar surface area (TPSA) is 66.6 Å². The van der Waals surface area contributed by atoms with E-state index < -0.39 is 5.97 Å². The van der Waals surface area contributed by atoms with E-state index in [1.165, 1.54) is 0 Å². The molecule has 6 heteroatoms. The zero-order chi connectivity index (χ0) is 7.98. The molecule has 0 rings (SSSR count). The van der Waals surface area contributed by atoms with E-state index in [1.54, 1.807) is 4.90 Å². The van der Waals surface area contributed by atoms with Crippen LogP contribution in [0.1, 0.15) is 6.92 Å². The third kappa shape index (κ3) is 11.4. The molecule has 0 aliphatic rings. The van der Waals surface area contributed by atoms with Crippen LogP contribution < -0.4 is 5.73 Å². The molecule has 62 valence electrons. The molecular formula is C6H14N2Na2O2. The molecular weight excluding hydrogens is 178 g/mol. The summed E-state index contributed by atoms with van der Waals surface area (Å²) in [5, 5.41) is 8.36. The summed E-state index contributed by atoms with van der Waals surface area (Å²) >= 11 is 0. The molecule has 0 saturated carbocycles. The predicted molar refractivity (Wildman–Crippen MR) is 50.3 cm³/mol. The quantitative estimate of drug-likeness (QED) is 0.525. The minimum atomic E-state index is -0.796. The molecule has 0 aromatic rings. The molecule has 0 aromatic heterocycles. The van der Waals surface area contributed by atoms with Crippen LogP contribution in [0.2, 0.25) is 0 Å². The minimum Gasteiger partial charge on any atom is -0.480 e. The summed E-state index contributed by atoms with van der Waals surface area (Å²) in [6, 6.07) is 0. The molecule has 3 N–H and O–H groups in total. The molecule has 0 spiro atoms. The first kappa shape index (κ1) is 19.0. The Balaban J connectivity index is -0.000000405. The van der Waals surface area contributed by atoms with Gasteiger partial charge in [-0.25, -0.2) is 0 Å². The van der Waals surface area contributed by atoms with Crippen LogP contribution in [-0.4, -0.2) is 101 Å². The second-order valence-corrected chi connectivity index (χ2v) is 2.05. The second-order valence-electron chi connectivity index (χ2n) is 2.05. The molecule has 0 aromatic carbocycles. The van der Waals surface area contributed by atoms with Crippen molar-refractivity contribution in [3.63, 3.8) is 0 Å². The van der Waals surface area contributed by atoms with Crippen LogP contribution in [-0.2, 0) is 4.79 Å². The molecule has 0 atom stereocenters. The Morgan fingerprint density at radius 3 is 2.25 bits per heavy atom. The largest absolute Gasteiger partial charge is 0.480 e. The van der Waals surface area contributed by atoms with Gasteiger partial charge >= 0.3 is 5.97 Å². The molecule has 0 fully saturated rings. The number of carboxylic acid groups (broad SMARTS) is 1. The van der Waals surface area contributed by atoms with Crippen LogP contribution in [0.5, 0.6) is 0 Å². The first-order valence-corrected chi connectivity index (χ1v) is 3.35. The minimum absolute atomic E-state index is 0. The average molecular weight is 192 g/mol. The number of hydrogen-bond donors (Lipinski definition) is 2. The summed E-state index contributed by atoms with van der Waals surface area (Å²) in [4.78, 5) is 11.9. The van der Waals surface area contributed by atoms with Gasteiger partial charge in [-0.3, -0.25) is 9.69 Å². The number of nitrogens with zero attached hydrogens (tertiary/aromatic N) is 1. The van der Waals surface area contributed by atoms with Crippen molar-refractivity contribution in [2.45, 2.75) is 6.92 Å². The van der Waals surface area contributed by atoms with Crippen molar-refractivity contribution >= 4 is 65.1 Å². The van der Waals surface area contributed by atoms with Crippen molar-refractivity contribution in [1.29, 1.82) is 0 Å². The van der Waals surface area contributed by atoms with Crippen LogP contribution in [0, 0.1) is 0 Å². The summed E-state index contributed by atoms with van der Waals surface area (Å²) in [6.07, 6.45) is 0. The summed E-state index contributed by atoms with van der Waals surface area (Å²) in [6.45, 7) is 3.92. The summed E-state index contributed by atoms with van der Waals surface area (Å²) in [7, 11) is 0. The van der Waals surface area contributed by atoms with Gasteiger partial charge in [-0.05, 0) is 6.54 Å². The Bertz CT molecular complexity index is 114. The van der Waals surface area contributed by atoms with Crippen molar-refractivity contribution < 1.29 is 9.90 Å². The van der Waals surface area contributed by atoms with Crippen LogP contribution in [0.15, 0.2) is 0 Å². The van der Waals surface area contributed by atoms with Crippen LogP contribution in [0.4, 0.5) is 0 Å². The van der Waals surface area contributed by atoms with Gasteiger partial charge in [0.25, 0.3) is 0 Å². The number of carboxylic acids is 1. The second kappa shape index (κ2) is 12.4. The Hall–Kier alpha value is 1.39. The zero-order valence-electron chi connectivity index (χ0n) is 8.21. The van der Waals surface area contributed by atoms with Gasteiger partial charge in [0.2, 0.25) is 0 Å². The van der Waals surface area contributed by atoms with Crippen molar-refractivity contribution in [3.8, 4) is 0 Å². The van der Waals surface area contributed by atoms with Gasteiger partial charge in [-0.2, -0.15) is 0 Å². The van der Waals surface area contributed by atoms with E-state index in [9.17, 15) is 4.79 Å². The fraction of sp³-hybridized carbons (Fsp3) is 0.833. The first-order valence-electron chi connectivity index (χ1n) is 3.35. The Morgan fingerprint density at radius 1 is 1.50 bits per heavy atom. The van der Waals surface area contributed by atoms with Crippen molar-refractivity contribution in [3.05, 3.63) is 0 Å². The maximum Gasteiger partial charge on any atom is 0.317 e. The summed E-state index contributed by atoms with van der Waals surface area (Å²) in [5.74, 6) is -0.796. The molecule has 0 saturated heterocycles. The van der Waals surface area contributed by atoms with Gasteiger partial charge in [0.15, 0.2) is 0 Å². The number of rotatable bonds is 5. The molecule has 0 amide bonds. The van der Waals surface area contributed by atoms with Gasteiger partial charge in [0.1, 0.15) is 0 Å². The number of nitrogens with two attached hydrogens (primary N) is 1. The number of aliphatic carboxylic acids is 1. The molecule has 12 heavy (non-hydrogen) atoms. The molecule has 2 radical (unpaired) electrons. The van der Waals surface area contributed by atoms with E-state index in [4.69, 9.17) is 10.8 Å². The normalized spacial score (nSPS) is 8.58. The van der Waals surface area contributed by atoms with Gasteiger partial charge < -0.3 is 10.8 Å². The average Bonchev–Trinajstić information content (AvgIpc) is 1.86. The maximum atomic E-state index is 10.2. The molecule has 0 unspecified atom stereocenters. The van der Waals surface area contributed by atoms with E-state index in [2.05, 4.69) is 0 Å². The van der Waals surface area contributed by atoms with Crippen molar-refractivity contribution in [2.75, 3.05) is 26.2 Å². The van der Waals surface area contributed by atoms with Crippen LogP contribution in [0.25, 0.3) is 0 Å². The molecule has 0 heterocycles. The van der Waals surface area contributed by atoms with Crippen molar-refractivity contribution in [1.82, 2.24) is 4.90 Å². The third-order valence-corrected chi connectivity index (χ3v) is 1.25. The zero-order valence-corrected chi connectivity index (χ0v) is 12.2. The van der Waals surface area contributed by atoms with E-state index in [0.717, 1.165) is 6.54 Å². The third-order valence-electron chi connectivity index (χ3n) is 1.25. The Morgan fingerprint density at radius 2 is 2.00 bits per heavy atom. The molecule has 0 aliphatic heterocycles. The van der Waals surface area contributed by atoms with Gasteiger partial charge in [-0.15, -0.1) is 0 Å². The SMILES string of the molecule is CCN(CCN)CC(=O)O.[Na].[Na]. The Kier molecular flexibility index (Phi) is 19.7. The van der Waals surface area contributed by atoms with E-state index >= 15 is 0 Å². The number of likely N-dealkylation sites (N-methyl/N-ethyl adjacent to an activating group) is 1.